The molecule has 0 spiro atoms. The fourth-order valence-electron chi connectivity index (χ4n) is 10.4. The summed E-state index contributed by atoms with van der Waals surface area (Å²) in [7, 11) is 0. The second-order valence-electron chi connectivity index (χ2n) is 14.9. The number of hydrogen-bond donors (Lipinski definition) is 1. The van der Waals surface area contributed by atoms with Gasteiger partial charge in [0.15, 0.2) is 5.78 Å². The number of aliphatic hydroxyl groups is 1. The van der Waals surface area contributed by atoms with Gasteiger partial charge in [-0.05, 0) is 103 Å². The zero-order chi connectivity index (χ0) is 25.1. The van der Waals surface area contributed by atoms with Crippen molar-refractivity contribution >= 4 is 11.8 Å². The summed E-state index contributed by atoms with van der Waals surface area (Å²) in [6.45, 7) is 15.7. The van der Waals surface area contributed by atoms with Crippen LogP contribution in [0, 0.1) is 50.2 Å². The number of fused-ring (bicyclic) bond motifs is 7. The molecule has 190 valence electrons. The highest BCUT2D eigenvalue weighted by Crippen LogP contribution is 2.75. The molecule has 9 atom stereocenters. The summed E-state index contributed by atoms with van der Waals surface area (Å²) in [5, 5.41) is 23.0. The third kappa shape index (κ3) is 2.81. The van der Waals surface area contributed by atoms with Gasteiger partial charge in [0, 0.05) is 17.3 Å². The fraction of sp³-hybridized carbons (Fsp3) is 0.867. The molecule has 5 aliphatic rings. The van der Waals surface area contributed by atoms with E-state index in [0.29, 0.717) is 18.8 Å². The standard InChI is InChI=1S/C30H46O4/c1-25(2)21-8-11-30(7)23(28(21,5)10-9-22(25)32)20(31)16-18-19-17-27(4,24(33)34)13-12-26(19,3)14-15-29(18,30)6/h16,19,21-23,32H,8-15,17H2,1-7H3,(H,33,34)/p-1/t19-,21-,22+,23+,26+,27-,28-,29+,30+/m0/s1. The van der Waals surface area contributed by atoms with E-state index in [0.717, 1.165) is 44.9 Å². The van der Waals surface area contributed by atoms with Gasteiger partial charge in [-0.15, -0.1) is 0 Å². The zero-order valence-corrected chi connectivity index (χ0v) is 22.4. The molecule has 4 heteroatoms. The maximum atomic E-state index is 14.2. The van der Waals surface area contributed by atoms with Gasteiger partial charge in [0.25, 0.3) is 0 Å². The van der Waals surface area contributed by atoms with Crippen molar-refractivity contribution in [3.8, 4) is 0 Å². The van der Waals surface area contributed by atoms with Gasteiger partial charge in [-0.2, -0.15) is 0 Å². The third-order valence-electron chi connectivity index (χ3n) is 13.0. The van der Waals surface area contributed by atoms with Crippen molar-refractivity contribution in [1.29, 1.82) is 0 Å². The van der Waals surface area contributed by atoms with E-state index in [4.69, 9.17) is 0 Å². The van der Waals surface area contributed by atoms with Crippen molar-refractivity contribution in [2.75, 3.05) is 0 Å². The first-order valence-electron chi connectivity index (χ1n) is 13.7. The molecule has 1 N–H and O–H groups in total. The van der Waals surface area contributed by atoms with Gasteiger partial charge in [-0.1, -0.05) is 54.0 Å². The van der Waals surface area contributed by atoms with Gasteiger partial charge in [-0.25, -0.2) is 0 Å². The molecule has 0 radical (unpaired) electrons. The molecule has 0 aromatic rings. The van der Waals surface area contributed by atoms with Crippen LogP contribution in [0.4, 0.5) is 0 Å². The molecule has 34 heavy (non-hydrogen) atoms. The lowest BCUT2D eigenvalue weighted by Gasteiger charge is -2.70. The van der Waals surface area contributed by atoms with Crippen LogP contribution in [0.1, 0.15) is 106 Å². The Hall–Kier alpha value is -1.16. The van der Waals surface area contributed by atoms with Crippen LogP contribution >= 0.6 is 0 Å². The third-order valence-corrected chi connectivity index (χ3v) is 13.0. The van der Waals surface area contributed by atoms with E-state index in [2.05, 4.69) is 41.5 Å². The van der Waals surface area contributed by atoms with Crippen molar-refractivity contribution in [3.63, 3.8) is 0 Å². The molecule has 5 rings (SSSR count). The lowest BCUT2D eigenvalue weighted by molar-refractivity contribution is -0.321. The van der Waals surface area contributed by atoms with Crippen LogP contribution in [0.3, 0.4) is 0 Å². The molecular weight excluding hydrogens is 424 g/mol. The Morgan fingerprint density at radius 1 is 0.941 bits per heavy atom. The average molecular weight is 470 g/mol. The van der Waals surface area contributed by atoms with Gasteiger partial charge in [0.1, 0.15) is 0 Å². The van der Waals surface area contributed by atoms with Gasteiger partial charge in [0.2, 0.25) is 0 Å². The Balaban J connectivity index is 1.62. The number of carboxylic acids is 1. The number of carbonyl (C=O) groups excluding carboxylic acids is 2. The Labute approximate surface area is 206 Å². The smallest absolute Gasteiger partial charge is 0.159 e. The second-order valence-corrected chi connectivity index (χ2v) is 14.9. The molecule has 4 saturated carbocycles. The van der Waals surface area contributed by atoms with E-state index < -0.39 is 11.4 Å². The van der Waals surface area contributed by atoms with Gasteiger partial charge in [-0.3, -0.25) is 4.79 Å². The molecule has 0 saturated heterocycles. The largest absolute Gasteiger partial charge is 0.550 e. The summed E-state index contributed by atoms with van der Waals surface area (Å²) in [5.41, 5.74) is -0.0781. The van der Waals surface area contributed by atoms with E-state index in [1.54, 1.807) is 0 Å². The van der Waals surface area contributed by atoms with Crippen molar-refractivity contribution in [1.82, 2.24) is 0 Å². The maximum absolute atomic E-state index is 14.2. The first-order valence-corrected chi connectivity index (χ1v) is 13.7. The highest BCUT2D eigenvalue weighted by molar-refractivity contribution is 5.95. The van der Waals surface area contributed by atoms with Crippen LogP contribution in [0.2, 0.25) is 0 Å². The topological polar surface area (TPSA) is 77.4 Å². The molecule has 0 amide bonds. The predicted molar refractivity (Wildman–Crippen MR) is 130 cm³/mol. The minimum Gasteiger partial charge on any atom is -0.550 e. The Kier molecular flexibility index (Phi) is 5.04. The monoisotopic (exact) mass is 469 g/mol. The molecule has 4 fully saturated rings. The van der Waals surface area contributed by atoms with E-state index >= 15 is 0 Å². The number of ketones is 1. The van der Waals surface area contributed by atoms with E-state index in [1.165, 1.54) is 5.57 Å². The minimum absolute atomic E-state index is 0.0419. The Morgan fingerprint density at radius 3 is 2.24 bits per heavy atom. The molecule has 0 aliphatic heterocycles. The normalized spacial score (nSPS) is 54.1. The SMILES string of the molecule is CC1(C)[C@H](O)CC[C@]2(C)[C@H]3C(=O)C=C4[C@@H]5C[C@@](C)(C(=O)[O-])CC[C@]5(C)CC[C@@]4(C)[C@]3(C)CC[C@@H]12. The van der Waals surface area contributed by atoms with Crippen LogP contribution in [-0.2, 0) is 9.59 Å². The van der Waals surface area contributed by atoms with Gasteiger partial charge < -0.3 is 15.0 Å². The van der Waals surface area contributed by atoms with E-state index in [9.17, 15) is 19.8 Å². The summed E-state index contributed by atoms with van der Waals surface area (Å²) in [4.78, 5) is 26.3. The van der Waals surface area contributed by atoms with E-state index in [1.807, 2.05) is 13.0 Å². The van der Waals surface area contributed by atoms with Crippen LogP contribution in [0.15, 0.2) is 11.6 Å². The summed E-state index contributed by atoms with van der Waals surface area (Å²) >= 11 is 0. The predicted octanol–water partition coefficient (Wildman–Crippen LogP) is 5.08. The number of carbonyl (C=O) groups is 2. The van der Waals surface area contributed by atoms with Crippen molar-refractivity contribution < 1.29 is 19.8 Å². The van der Waals surface area contributed by atoms with E-state index in [-0.39, 0.29) is 50.8 Å². The highest BCUT2D eigenvalue weighted by atomic mass is 16.4. The molecule has 4 nitrogen and oxygen atoms in total. The van der Waals surface area contributed by atoms with Crippen LogP contribution in [0.5, 0.6) is 0 Å². The zero-order valence-electron chi connectivity index (χ0n) is 22.4. The Morgan fingerprint density at radius 2 is 1.59 bits per heavy atom. The van der Waals surface area contributed by atoms with Crippen molar-refractivity contribution in [2.24, 2.45) is 50.2 Å². The minimum atomic E-state index is -0.940. The first kappa shape index (κ1) is 24.5. The van der Waals surface area contributed by atoms with Crippen molar-refractivity contribution in [2.45, 2.75) is 112 Å². The van der Waals surface area contributed by atoms with Gasteiger partial charge in [0.05, 0.1) is 6.10 Å². The quantitative estimate of drug-likeness (QED) is 0.581. The highest BCUT2D eigenvalue weighted by Gasteiger charge is 2.70. The molecule has 5 aliphatic carbocycles. The van der Waals surface area contributed by atoms with Crippen molar-refractivity contribution in [3.05, 3.63) is 11.6 Å². The number of rotatable bonds is 1. The van der Waals surface area contributed by atoms with Gasteiger partial charge >= 0.3 is 0 Å². The number of aliphatic carboxylic acids is 1. The Bertz CT molecular complexity index is 965. The second kappa shape index (κ2) is 6.99. The van der Waals surface area contributed by atoms with Crippen LogP contribution in [-0.4, -0.2) is 23.0 Å². The fourth-order valence-corrected chi connectivity index (χ4v) is 10.4. The number of allylic oxidation sites excluding steroid dienone is 2. The van der Waals surface area contributed by atoms with Crippen LogP contribution in [0.25, 0.3) is 0 Å². The first-order chi connectivity index (χ1) is 15.6. The molecule has 0 bridgehead atoms. The lowest BCUT2D eigenvalue weighted by Crippen LogP contribution is -2.66. The number of aliphatic hydroxyl groups excluding tert-OH is 1. The average Bonchev–Trinajstić information content (AvgIpc) is 2.73. The number of hydrogen-bond acceptors (Lipinski definition) is 4. The maximum Gasteiger partial charge on any atom is 0.159 e. The van der Waals surface area contributed by atoms with Crippen LogP contribution < -0.4 is 5.11 Å². The summed E-state index contributed by atoms with van der Waals surface area (Å²) in [5.74, 6) is -0.266. The number of carboxylic acid groups (broad SMARTS) is 1. The molecule has 0 unspecified atom stereocenters. The summed E-state index contributed by atoms with van der Waals surface area (Å²) in [6.07, 6.45) is 9.69. The summed E-state index contributed by atoms with van der Waals surface area (Å²) in [6, 6.07) is 0. The summed E-state index contributed by atoms with van der Waals surface area (Å²) < 4.78 is 0. The lowest BCUT2D eigenvalue weighted by atomic mass is 9.33. The molecular formula is C30H45O4-. The molecule has 0 aromatic carbocycles. The molecule has 0 heterocycles. The molecule has 0 aromatic heterocycles.